The molecule has 1 unspecified atom stereocenters. The quantitative estimate of drug-likeness (QED) is 0.592. The number of aliphatic hydroxyl groups is 1. The number of hydrogen-bond acceptors (Lipinski definition) is 3. The predicted octanol–water partition coefficient (Wildman–Crippen LogP) is 0.382. The van der Waals surface area contributed by atoms with Crippen molar-refractivity contribution in [3.63, 3.8) is 0 Å². The highest BCUT2D eigenvalue weighted by Gasteiger charge is 2.04. The zero-order valence-electron chi connectivity index (χ0n) is 7.63. The van der Waals surface area contributed by atoms with Crippen molar-refractivity contribution in [2.45, 2.75) is 32.4 Å². The summed E-state index contributed by atoms with van der Waals surface area (Å²) in [6.07, 6.45) is 0.751. The lowest BCUT2D eigenvalue weighted by Crippen LogP contribution is -2.37. The Kier molecular flexibility index (Phi) is 6.51. The molecule has 0 aliphatic carbocycles. The molecule has 0 saturated heterocycles. The zero-order chi connectivity index (χ0) is 8.69. The van der Waals surface area contributed by atoms with Crippen LogP contribution in [0.4, 0.5) is 0 Å². The Morgan fingerprint density at radius 1 is 1.55 bits per heavy atom. The number of aliphatic hydroxyl groups excluding tert-OH is 1. The van der Waals surface area contributed by atoms with Crippen molar-refractivity contribution >= 4 is 0 Å². The van der Waals surface area contributed by atoms with E-state index in [0.29, 0.717) is 19.2 Å². The molecule has 0 amide bonds. The Morgan fingerprint density at radius 3 is 2.55 bits per heavy atom. The smallest absolute Gasteiger partial charge is 0.0636 e. The van der Waals surface area contributed by atoms with Gasteiger partial charge in [-0.1, -0.05) is 6.92 Å². The second-order valence-corrected chi connectivity index (χ2v) is 2.82. The first-order valence-electron chi connectivity index (χ1n) is 4.11. The minimum Gasteiger partial charge on any atom is -0.392 e. The van der Waals surface area contributed by atoms with Crippen LogP contribution >= 0.6 is 0 Å². The highest BCUT2D eigenvalue weighted by molar-refractivity contribution is 4.64. The Balaban J connectivity index is 3.35. The molecule has 0 aromatic rings. The van der Waals surface area contributed by atoms with Gasteiger partial charge in [-0.15, -0.1) is 0 Å². The molecule has 0 spiro atoms. The van der Waals surface area contributed by atoms with Gasteiger partial charge in [0.05, 0.1) is 12.7 Å². The molecule has 0 aliphatic heterocycles. The van der Waals surface area contributed by atoms with Crippen LogP contribution in [-0.2, 0) is 4.74 Å². The first-order chi connectivity index (χ1) is 5.20. The minimum absolute atomic E-state index is 0.277. The van der Waals surface area contributed by atoms with Gasteiger partial charge >= 0.3 is 0 Å². The maximum Gasteiger partial charge on any atom is 0.0636 e. The lowest BCUT2D eigenvalue weighted by Gasteiger charge is -2.16. The molecule has 11 heavy (non-hydrogen) atoms. The van der Waals surface area contributed by atoms with Crippen LogP contribution in [0.1, 0.15) is 20.3 Å². The molecule has 3 nitrogen and oxygen atoms in total. The molecule has 0 aliphatic rings. The van der Waals surface area contributed by atoms with Gasteiger partial charge in [0.15, 0.2) is 0 Å². The lowest BCUT2D eigenvalue weighted by atomic mass is 10.2. The summed E-state index contributed by atoms with van der Waals surface area (Å²) in [5.41, 5.74) is 0. The fraction of sp³-hybridized carbons (Fsp3) is 1.00. The Hall–Kier alpha value is -0.120. The van der Waals surface area contributed by atoms with Crippen molar-refractivity contribution in [3.8, 4) is 0 Å². The largest absolute Gasteiger partial charge is 0.392 e. The van der Waals surface area contributed by atoms with Gasteiger partial charge < -0.3 is 15.2 Å². The number of methoxy groups -OCH3 is 1. The van der Waals surface area contributed by atoms with Gasteiger partial charge in [-0.25, -0.2) is 0 Å². The van der Waals surface area contributed by atoms with Crippen LogP contribution in [0, 0.1) is 0 Å². The van der Waals surface area contributed by atoms with E-state index in [2.05, 4.69) is 12.2 Å². The van der Waals surface area contributed by atoms with E-state index in [-0.39, 0.29) is 6.10 Å². The van der Waals surface area contributed by atoms with Crippen LogP contribution in [0.25, 0.3) is 0 Å². The first kappa shape index (κ1) is 10.9. The van der Waals surface area contributed by atoms with Crippen LogP contribution < -0.4 is 5.32 Å². The van der Waals surface area contributed by atoms with Gasteiger partial charge in [0.2, 0.25) is 0 Å². The van der Waals surface area contributed by atoms with E-state index in [4.69, 9.17) is 9.84 Å². The van der Waals surface area contributed by atoms with Crippen LogP contribution in [0.15, 0.2) is 0 Å². The maximum absolute atomic E-state index is 8.96. The fourth-order valence-corrected chi connectivity index (χ4v) is 0.860. The fourth-order valence-electron chi connectivity index (χ4n) is 0.860. The summed E-state index contributed by atoms with van der Waals surface area (Å²) in [7, 11) is 1.69. The normalized spacial score (nSPS) is 16.4. The first-order valence-corrected chi connectivity index (χ1v) is 4.11. The Bertz CT molecular complexity index is 86.2. The standard InChI is InChI=1S/C8H19NO2/c1-4-8(6-11-3)9-5-7(2)10/h7-10H,4-6H2,1-3H3/t7-,8?/m0/s1. The number of rotatable bonds is 6. The summed E-state index contributed by atoms with van der Waals surface area (Å²) >= 11 is 0. The predicted molar refractivity (Wildman–Crippen MR) is 45.6 cm³/mol. The van der Waals surface area contributed by atoms with Crippen molar-refractivity contribution in [3.05, 3.63) is 0 Å². The summed E-state index contributed by atoms with van der Waals surface area (Å²) in [5.74, 6) is 0. The molecule has 0 fully saturated rings. The molecule has 0 aromatic heterocycles. The molecule has 0 heterocycles. The minimum atomic E-state index is -0.277. The highest BCUT2D eigenvalue weighted by atomic mass is 16.5. The van der Waals surface area contributed by atoms with E-state index in [1.807, 2.05) is 0 Å². The summed E-state index contributed by atoms with van der Waals surface area (Å²) in [6.45, 7) is 5.22. The second kappa shape index (κ2) is 6.58. The van der Waals surface area contributed by atoms with Gasteiger partial charge in [-0.05, 0) is 13.3 Å². The Labute approximate surface area is 68.8 Å². The molecule has 0 bridgehead atoms. The van der Waals surface area contributed by atoms with Crippen LogP contribution in [0.5, 0.6) is 0 Å². The van der Waals surface area contributed by atoms with Crippen LogP contribution in [0.2, 0.25) is 0 Å². The summed E-state index contributed by atoms with van der Waals surface area (Å²) < 4.78 is 4.98. The van der Waals surface area contributed by atoms with E-state index < -0.39 is 0 Å². The van der Waals surface area contributed by atoms with Gasteiger partial charge in [-0.3, -0.25) is 0 Å². The zero-order valence-corrected chi connectivity index (χ0v) is 7.63. The molecule has 0 rings (SSSR count). The van der Waals surface area contributed by atoms with Crippen molar-refractivity contribution in [1.82, 2.24) is 5.32 Å². The second-order valence-electron chi connectivity index (χ2n) is 2.82. The van der Waals surface area contributed by atoms with Crippen LogP contribution in [-0.4, -0.2) is 37.5 Å². The van der Waals surface area contributed by atoms with Gasteiger partial charge in [-0.2, -0.15) is 0 Å². The Morgan fingerprint density at radius 2 is 2.18 bits per heavy atom. The van der Waals surface area contributed by atoms with Gasteiger partial charge in [0, 0.05) is 19.7 Å². The highest BCUT2D eigenvalue weighted by Crippen LogP contribution is 1.91. The molecule has 0 aromatic carbocycles. The SMILES string of the molecule is CCC(COC)NC[C@H](C)O. The van der Waals surface area contributed by atoms with E-state index in [9.17, 15) is 0 Å². The van der Waals surface area contributed by atoms with E-state index in [1.165, 1.54) is 0 Å². The lowest BCUT2D eigenvalue weighted by molar-refractivity contribution is 0.144. The van der Waals surface area contributed by atoms with Gasteiger partial charge in [0.1, 0.15) is 0 Å². The van der Waals surface area contributed by atoms with Crippen molar-refractivity contribution < 1.29 is 9.84 Å². The molecule has 68 valence electrons. The third-order valence-corrected chi connectivity index (χ3v) is 1.56. The van der Waals surface area contributed by atoms with E-state index in [1.54, 1.807) is 14.0 Å². The third-order valence-electron chi connectivity index (χ3n) is 1.56. The molecule has 0 radical (unpaired) electrons. The number of hydrogen-bond donors (Lipinski definition) is 2. The topological polar surface area (TPSA) is 41.5 Å². The van der Waals surface area contributed by atoms with Crippen molar-refractivity contribution in [2.24, 2.45) is 0 Å². The van der Waals surface area contributed by atoms with Crippen LogP contribution in [0.3, 0.4) is 0 Å². The van der Waals surface area contributed by atoms with Crippen molar-refractivity contribution in [1.29, 1.82) is 0 Å². The number of nitrogens with one attached hydrogen (secondary N) is 1. The average molecular weight is 161 g/mol. The monoisotopic (exact) mass is 161 g/mol. The molecule has 2 atom stereocenters. The summed E-state index contributed by atoms with van der Waals surface area (Å²) in [5, 5.41) is 12.2. The van der Waals surface area contributed by atoms with Gasteiger partial charge in [0.25, 0.3) is 0 Å². The molecular weight excluding hydrogens is 142 g/mol. The maximum atomic E-state index is 8.96. The number of ether oxygens (including phenoxy) is 1. The van der Waals surface area contributed by atoms with E-state index >= 15 is 0 Å². The average Bonchev–Trinajstić information content (AvgIpc) is 1.97. The molecule has 2 N–H and O–H groups in total. The van der Waals surface area contributed by atoms with Crippen molar-refractivity contribution in [2.75, 3.05) is 20.3 Å². The molecular formula is C8H19NO2. The summed E-state index contributed by atoms with van der Waals surface area (Å²) in [4.78, 5) is 0. The third kappa shape index (κ3) is 6.28. The van der Waals surface area contributed by atoms with E-state index in [0.717, 1.165) is 6.42 Å². The molecule has 3 heteroatoms. The summed E-state index contributed by atoms with van der Waals surface area (Å²) in [6, 6.07) is 0.370. The molecule has 0 saturated carbocycles.